The molecule has 0 spiro atoms. The standard InChI is InChI=1S/C13H17FN2O2/c1-16(8-10-3-2-4-11(14)7-10)13(17)15-12-5-6-18-9-12/h2-4,7,12H,5-6,8-9H2,1H3,(H,15,17). The van der Waals surface area contributed by atoms with Crippen LogP contribution in [0.3, 0.4) is 0 Å². The second-order valence-electron chi connectivity index (χ2n) is 4.50. The number of hydrogen-bond donors (Lipinski definition) is 1. The Morgan fingerprint density at radius 3 is 3.11 bits per heavy atom. The van der Waals surface area contributed by atoms with Gasteiger partial charge in [0.2, 0.25) is 0 Å². The van der Waals surface area contributed by atoms with Crippen LogP contribution in [-0.2, 0) is 11.3 Å². The van der Waals surface area contributed by atoms with E-state index in [1.54, 1.807) is 19.2 Å². The predicted molar refractivity (Wildman–Crippen MR) is 65.6 cm³/mol. The highest BCUT2D eigenvalue weighted by Crippen LogP contribution is 2.08. The molecule has 1 saturated heterocycles. The third-order valence-electron chi connectivity index (χ3n) is 2.91. The normalized spacial score (nSPS) is 18.7. The fourth-order valence-corrected chi connectivity index (χ4v) is 1.91. The van der Waals surface area contributed by atoms with Crippen LogP contribution in [0.4, 0.5) is 9.18 Å². The summed E-state index contributed by atoms with van der Waals surface area (Å²) in [4.78, 5) is 13.4. The number of halogens is 1. The lowest BCUT2D eigenvalue weighted by Gasteiger charge is -2.20. The molecule has 0 bridgehead atoms. The number of benzene rings is 1. The average molecular weight is 252 g/mol. The Balaban J connectivity index is 1.86. The summed E-state index contributed by atoms with van der Waals surface area (Å²) < 4.78 is 18.2. The number of hydrogen-bond acceptors (Lipinski definition) is 2. The maximum Gasteiger partial charge on any atom is 0.317 e. The van der Waals surface area contributed by atoms with Crippen molar-refractivity contribution in [2.75, 3.05) is 20.3 Å². The van der Waals surface area contributed by atoms with E-state index in [9.17, 15) is 9.18 Å². The molecular formula is C13H17FN2O2. The molecule has 2 amide bonds. The number of rotatable bonds is 3. The van der Waals surface area contributed by atoms with Crippen LogP contribution in [-0.4, -0.2) is 37.2 Å². The zero-order valence-corrected chi connectivity index (χ0v) is 10.4. The van der Waals surface area contributed by atoms with Crippen molar-refractivity contribution in [2.45, 2.75) is 19.0 Å². The van der Waals surface area contributed by atoms with Crippen molar-refractivity contribution in [3.05, 3.63) is 35.6 Å². The van der Waals surface area contributed by atoms with Crippen LogP contribution < -0.4 is 5.32 Å². The number of nitrogens with one attached hydrogen (secondary N) is 1. The van der Waals surface area contributed by atoms with Crippen molar-refractivity contribution >= 4 is 6.03 Å². The third kappa shape index (κ3) is 3.43. The zero-order valence-electron chi connectivity index (χ0n) is 10.4. The summed E-state index contributed by atoms with van der Waals surface area (Å²) in [6.07, 6.45) is 0.847. The van der Waals surface area contributed by atoms with Crippen LogP contribution in [0.2, 0.25) is 0 Å². The van der Waals surface area contributed by atoms with Gasteiger partial charge in [-0.05, 0) is 24.1 Å². The van der Waals surface area contributed by atoms with Crippen molar-refractivity contribution in [3.8, 4) is 0 Å². The topological polar surface area (TPSA) is 41.6 Å². The van der Waals surface area contributed by atoms with Gasteiger partial charge < -0.3 is 15.0 Å². The summed E-state index contributed by atoms with van der Waals surface area (Å²) in [7, 11) is 1.69. The molecule has 1 heterocycles. The lowest BCUT2D eigenvalue weighted by molar-refractivity contribution is 0.181. The molecule has 18 heavy (non-hydrogen) atoms. The number of amides is 2. The molecule has 0 radical (unpaired) electrons. The molecule has 5 heteroatoms. The highest BCUT2D eigenvalue weighted by Gasteiger charge is 2.19. The van der Waals surface area contributed by atoms with Crippen LogP contribution in [0.15, 0.2) is 24.3 Å². The second kappa shape index (κ2) is 5.82. The number of carbonyl (C=O) groups excluding carboxylic acids is 1. The molecule has 1 N–H and O–H groups in total. The first-order valence-corrected chi connectivity index (χ1v) is 5.99. The van der Waals surface area contributed by atoms with E-state index in [1.807, 2.05) is 0 Å². The number of nitrogens with zero attached hydrogens (tertiary/aromatic N) is 1. The minimum atomic E-state index is -0.287. The van der Waals surface area contributed by atoms with Gasteiger partial charge in [-0.3, -0.25) is 0 Å². The largest absolute Gasteiger partial charge is 0.379 e. The van der Waals surface area contributed by atoms with Gasteiger partial charge >= 0.3 is 6.03 Å². The molecule has 1 fully saturated rings. The molecule has 0 aliphatic carbocycles. The highest BCUT2D eigenvalue weighted by molar-refractivity contribution is 5.74. The summed E-state index contributed by atoms with van der Waals surface area (Å²) in [5, 5.41) is 2.88. The number of carbonyl (C=O) groups is 1. The first-order chi connectivity index (χ1) is 8.65. The van der Waals surface area contributed by atoms with Crippen LogP contribution in [0.5, 0.6) is 0 Å². The second-order valence-corrected chi connectivity index (χ2v) is 4.50. The molecule has 1 aromatic rings. The van der Waals surface area contributed by atoms with Crippen LogP contribution in [0.1, 0.15) is 12.0 Å². The van der Waals surface area contributed by atoms with Gasteiger partial charge in [-0.15, -0.1) is 0 Å². The van der Waals surface area contributed by atoms with Gasteiger partial charge in [0.05, 0.1) is 12.6 Å². The molecule has 2 rings (SSSR count). The van der Waals surface area contributed by atoms with Crippen molar-refractivity contribution in [3.63, 3.8) is 0 Å². The van der Waals surface area contributed by atoms with Gasteiger partial charge in [0, 0.05) is 20.2 Å². The van der Waals surface area contributed by atoms with E-state index in [-0.39, 0.29) is 17.9 Å². The SMILES string of the molecule is CN(Cc1cccc(F)c1)C(=O)NC1CCOC1. The van der Waals surface area contributed by atoms with Crippen molar-refractivity contribution in [2.24, 2.45) is 0 Å². The Morgan fingerprint density at radius 1 is 1.61 bits per heavy atom. The van der Waals surface area contributed by atoms with E-state index >= 15 is 0 Å². The smallest absolute Gasteiger partial charge is 0.317 e. The van der Waals surface area contributed by atoms with Gasteiger partial charge in [-0.1, -0.05) is 12.1 Å². The van der Waals surface area contributed by atoms with E-state index in [0.29, 0.717) is 19.8 Å². The van der Waals surface area contributed by atoms with Crippen LogP contribution >= 0.6 is 0 Å². The quantitative estimate of drug-likeness (QED) is 0.890. The maximum absolute atomic E-state index is 13.0. The van der Waals surface area contributed by atoms with Gasteiger partial charge in [-0.25, -0.2) is 9.18 Å². The Labute approximate surface area is 106 Å². The first-order valence-electron chi connectivity index (χ1n) is 5.99. The van der Waals surface area contributed by atoms with Crippen LogP contribution in [0.25, 0.3) is 0 Å². The lowest BCUT2D eigenvalue weighted by Crippen LogP contribution is -2.43. The van der Waals surface area contributed by atoms with Crippen molar-refractivity contribution < 1.29 is 13.9 Å². The van der Waals surface area contributed by atoms with E-state index in [4.69, 9.17) is 4.74 Å². The average Bonchev–Trinajstić information content (AvgIpc) is 2.81. The number of ether oxygens (including phenoxy) is 1. The monoisotopic (exact) mass is 252 g/mol. The summed E-state index contributed by atoms with van der Waals surface area (Å²) >= 11 is 0. The highest BCUT2D eigenvalue weighted by atomic mass is 19.1. The van der Waals surface area contributed by atoms with E-state index in [0.717, 1.165) is 12.0 Å². The molecule has 1 aromatic carbocycles. The summed E-state index contributed by atoms with van der Waals surface area (Å²) in [6, 6.07) is 6.19. The Bertz CT molecular complexity index is 419. The molecule has 1 unspecified atom stereocenters. The zero-order chi connectivity index (χ0) is 13.0. The molecule has 0 aromatic heterocycles. The van der Waals surface area contributed by atoms with Gasteiger partial charge in [0.1, 0.15) is 5.82 Å². The van der Waals surface area contributed by atoms with Crippen molar-refractivity contribution in [1.29, 1.82) is 0 Å². The Morgan fingerprint density at radius 2 is 2.44 bits per heavy atom. The minimum absolute atomic E-state index is 0.0902. The van der Waals surface area contributed by atoms with Crippen molar-refractivity contribution in [1.82, 2.24) is 10.2 Å². The summed E-state index contributed by atoms with van der Waals surface area (Å²) in [5.74, 6) is -0.287. The lowest BCUT2D eigenvalue weighted by atomic mass is 10.2. The molecule has 1 aliphatic rings. The third-order valence-corrected chi connectivity index (χ3v) is 2.91. The molecule has 4 nitrogen and oxygen atoms in total. The molecule has 0 saturated carbocycles. The first kappa shape index (κ1) is 12.8. The molecular weight excluding hydrogens is 235 g/mol. The predicted octanol–water partition coefficient (Wildman–Crippen LogP) is 1.76. The van der Waals surface area contributed by atoms with Crippen LogP contribution in [0, 0.1) is 5.82 Å². The summed E-state index contributed by atoms with van der Waals surface area (Å²) in [6.45, 7) is 1.65. The van der Waals surface area contributed by atoms with Gasteiger partial charge in [0.25, 0.3) is 0 Å². The van der Waals surface area contributed by atoms with Gasteiger partial charge in [0.15, 0.2) is 0 Å². The van der Waals surface area contributed by atoms with Gasteiger partial charge in [-0.2, -0.15) is 0 Å². The molecule has 1 aliphatic heterocycles. The van der Waals surface area contributed by atoms with E-state index < -0.39 is 0 Å². The minimum Gasteiger partial charge on any atom is -0.379 e. The molecule has 98 valence electrons. The fraction of sp³-hybridized carbons (Fsp3) is 0.462. The Kier molecular flexibility index (Phi) is 4.15. The summed E-state index contributed by atoms with van der Waals surface area (Å²) in [5.41, 5.74) is 0.773. The number of urea groups is 1. The van der Waals surface area contributed by atoms with E-state index in [2.05, 4.69) is 5.32 Å². The Hall–Kier alpha value is -1.62. The maximum atomic E-state index is 13.0. The van der Waals surface area contributed by atoms with E-state index in [1.165, 1.54) is 17.0 Å². The molecule has 1 atom stereocenters. The fourth-order valence-electron chi connectivity index (χ4n) is 1.91.